The quantitative estimate of drug-likeness (QED) is 0.00851. The molecule has 4 aromatic rings. The molecule has 0 aliphatic rings. The Bertz CT molecular complexity index is 2550. The molecule has 0 aliphatic heterocycles. The van der Waals surface area contributed by atoms with E-state index in [-0.39, 0.29) is 86.1 Å². The third kappa shape index (κ3) is 20.0. The number of carbonyl (C=O) groups is 2. The molecule has 0 atom stereocenters. The Morgan fingerprint density at radius 3 is 1.50 bits per heavy atom. The molecule has 0 aromatic heterocycles. The molecule has 3 amide bonds. The molecule has 0 heterocycles. The predicted molar refractivity (Wildman–Crippen MR) is 243 cm³/mol. The van der Waals surface area contributed by atoms with Gasteiger partial charge in [0.25, 0.3) is 0 Å². The number of azo groups is 2. The summed E-state index contributed by atoms with van der Waals surface area (Å²) in [6.45, 7) is 0.783. The molecular weight excluding hydrogens is 1030 g/mol. The Hall–Kier alpha value is -4.84. The Labute approximate surface area is 402 Å². The number of nitrogens with zero attached hydrogens (tertiary/aromatic N) is 4. The summed E-state index contributed by atoms with van der Waals surface area (Å²) in [7, 11) is -4.23. The number of primary amides is 1. The topological polar surface area (TPSA) is 399 Å². The average molecular weight is 1070 g/mol. The second-order valence-electron chi connectivity index (χ2n) is 11.9. The smallest absolute Gasteiger partial charge is 0.316 e. The van der Waals surface area contributed by atoms with Crippen molar-refractivity contribution in [3.63, 3.8) is 0 Å². The maximum absolute atomic E-state index is 12.6. The van der Waals surface area contributed by atoms with Gasteiger partial charge in [-0.2, -0.15) is 0 Å². The highest BCUT2D eigenvalue weighted by molar-refractivity contribution is 7.95. The number of rotatable bonds is 28. The minimum atomic E-state index is -3.82. The number of hydrogen-bond acceptors (Lipinski definition) is 30. The molecular formula is C33H39N9O20S6. The first kappa shape index (κ1) is 57.5. The van der Waals surface area contributed by atoms with Gasteiger partial charge in [-0.05, 0) is 72.8 Å². The monoisotopic (exact) mass is 1070 g/mol. The van der Waals surface area contributed by atoms with Gasteiger partial charge >= 0.3 is 6.03 Å². The van der Waals surface area contributed by atoms with E-state index < -0.39 is 37.2 Å². The van der Waals surface area contributed by atoms with Crippen LogP contribution >= 0.6 is 48.7 Å². The van der Waals surface area contributed by atoms with Gasteiger partial charge in [-0.1, -0.05) is 20.2 Å². The van der Waals surface area contributed by atoms with E-state index in [9.17, 15) is 26.4 Å². The summed E-state index contributed by atoms with van der Waals surface area (Å²) in [5.41, 5.74) is 8.03. The Morgan fingerprint density at radius 2 is 1.01 bits per heavy atom. The zero-order valence-corrected chi connectivity index (χ0v) is 39.8. The molecule has 0 fully saturated rings. The fourth-order valence-electron chi connectivity index (χ4n) is 4.73. The normalized spacial score (nSPS) is 11.6. The first-order valence-corrected chi connectivity index (χ1v) is 24.1. The number of carbonyl (C=O) groups excluding carboxylic acids is 2. The molecule has 0 radical (unpaired) electrons. The van der Waals surface area contributed by atoms with Crippen LogP contribution in [0.25, 0.3) is 0 Å². The molecule has 0 saturated carbocycles. The van der Waals surface area contributed by atoms with E-state index in [2.05, 4.69) is 79.2 Å². The number of benzene rings is 4. The number of hydrogen-bond donors (Lipinski definition) is 9. The summed E-state index contributed by atoms with van der Waals surface area (Å²) in [5.74, 6) is -1.18. The minimum Gasteiger partial charge on any atom is -0.388 e. The maximum atomic E-state index is 12.6. The Kier molecular flexibility index (Phi) is 25.9. The van der Waals surface area contributed by atoms with Crippen LogP contribution in [0.15, 0.2) is 113 Å². The Morgan fingerprint density at radius 1 is 0.574 bits per heavy atom. The van der Waals surface area contributed by atoms with Crippen LogP contribution < -0.4 is 27.0 Å². The van der Waals surface area contributed by atoms with Gasteiger partial charge in [0.2, 0.25) is 5.91 Å². The lowest BCUT2D eigenvalue weighted by Crippen LogP contribution is -2.19. The van der Waals surface area contributed by atoms with Gasteiger partial charge < -0.3 is 27.0 Å². The van der Waals surface area contributed by atoms with Gasteiger partial charge in [0.15, 0.2) is 44.3 Å². The third-order valence-corrected chi connectivity index (χ3v) is 13.0. The van der Waals surface area contributed by atoms with Crippen molar-refractivity contribution in [2.45, 2.75) is 26.5 Å². The molecule has 0 saturated heterocycles. The maximum Gasteiger partial charge on any atom is 0.316 e. The summed E-state index contributed by atoms with van der Waals surface area (Å²) in [6, 6.07) is 16.8. The van der Waals surface area contributed by atoms with E-state index in [1.807, 2.05) is 0 Å². The number of anilines is 4. The lowest BCUT2D eigenvalue weighted by atomic mass is 10.2. The van der Waals surface area contributed by atoms with E-state index in [0.717, 1.165) is 5.69 Å². The fourth-order valence-corrected chi connectivity index (χ4v) is 8.55. The third-order valence-electron chi connectivity index (χ3n) is 7.64. The van der Waals surface area contributed by atoms with Crippen LogP contribution in [0.5, 0.6) is 0 Å². The molecule has 4 rings (SSSR count). The number of urea groups is 1. The molecule has 10 N–H and O–H groups in total. The van der Waals surface area contributed by atoms with Gasteiger partial charge in [-0.25, -0.2) is 42.7 Å². The van der Waals surface area contributed by atoms with E-state index in [1.54, 1.807) is 50.5 Å². The van der Waals surface area contributed by atoms with Crippen molar-refractivity contribution in [2.75, 3.05) is 60.1 Å². The standard InChI is InChI=1S/C17H20N4O10S3.C16H19N5O10S3/c1-11(22)19-15-9-12(18-2)3-5-14(15)20-21-16-10-13(4-6-17(16)32-30-28-23)34(25,26)8-7-27-33-31-29-24;1-18-10-2-4-12(14(8-10)19-16(17)22)20-21-13-5-3-11(9-15(13)32-30-28-23)34(25,26)7-6-27-33-31-29-24/h3-6,9-10,18,23-24H,7-8H2,1-2H3,(H,19,22);2-5,8-9,18,23-24H,6-7H2,1H3,(H3,17,19,22). The average Bonchev–Trinajstić information content (AvgIpc) is 3.31. The van der Waals surface area contributed by atoms with E-state index >= 15 is 0 Å². The molecule has 372 valence electrons. The second kappa shape index (κ2) is 30.6. The number of amides is 3. The van der Waals surface area contributed by atoms with Gasteiger partial charge in [0, 0.05) is 32.4 Å². The van der Waals surface area contributed by atoms with Crippen LogP contribution in [0.2, 0.25) is 0 Å². The van der Waals surface area contributed by atoms with Crippen LogP contribution in [0.4, 0.5) is 50.3 Å². The lowest BCUT2D eigenvalue weighted by Gasteiger charge is -2.09. The van der Waals surface area contributed by atoms with Crippen molar-refractivity contribution in [1.82, 2.24) is 0 Å². The predicted octanol–water partition coefficient (Wildman–Crippen LogP) is 8.14. The fraction of sp³-hybridized carbons (Fsp3) is 0.212. The number of nitrogens with two attached hydrogens (primary N) is 1. The molecule has 4 aromatic carbocycles. The van der Waals surface area contributed by atoms with Crippen LogP contribution in [-0.2, 0) is 70.3 Å². The van der Waals surface area contributed by atoms with Crippen molar-refractivity contribution in [3.05, 3.63) is 72.8 Å². The summed E-state index contributed by atoms with van der Waals surface area (Å²) in [5, 5.41) is 74.1. The van der Waals surface area contributed by atoms with Gasteiger partial charge in [0.05, 0.1) is 79.8 Å². The van der Waals surface area contributed by atoms with E-state index in [1.165, 1.54) is 43.3 Å². The van der Waals surface area contributed by atoms with Crippen molar-refractivity contribution < 1.29 is 93.3 Å². The zero-order valence-electron chi connectivity index (χ0n) is 34.9. The highest BCUT2D eigenvalue weighted by atomic mass is 32.2. The van der Waals surface area contributed by atoms with Gasteiger partial charge in [0.1, 0.15) is 22.7 Å². The minimum absolute atomic E-state index is 0.0712. The molecule has 68 heavy (non-hydrogen) atoms. The molecule has 35 heteroatoms. The van der Waals surface area contributed by atoms with Gasteiger partial charge in [-0.3, -0.25) is 13.2 Å². The summed E-state index contributed by atoms with van der Waals surface area (Å²) in [6.07, 6.45) is 0. The highest BCUT2D eigenvalue weighted by Gasteiger charge is 2.20. The SMILES string of the molecule is CNc1ccc(N=Nc2cc(S(=O)(=O)CCOSOOO)ccc2SOOO)c(NC(C)=O)c1.CNc1ccc(N=Nc2ccc(S(=O)(=O)CCOSOOO)cc2SOOO)c(NC(N)=O)c1. The summed E-state index contributed by atoms with van der Waals surface area (Å²) in [4.78, 5) is 23.0. The number of sulfone groups is 2. The molecule has 0 aliphatic carbocycles. The highest BCUT2D eigenvalue weighted by Crippen LogP contribution is 2.38. The van der Waals surface area contributed by atoms with Crippen LogP contribution in [-0.4, -0.2) is 88.6 Å². The summed E-state index contributed by atoms with van der Waals surface area (Å²) < 4.78 is 76.7. The van der Waals surface area contributed by atoms with Crippen LogP contribution in [0, 0.1) is 0 Å². The van der Waals surface area contributed by atoms with E-state index in [4.69, 9.17) is 35.1 Å². The zero-order chi connectivity index (χ0) is 50.0. The first-order valence-electron chi connectivity index (χ1n) is 18.0. The van der Waals surface area contributed by atoms with Crippen molar-refractivity contribution in [2.24, 2.45) is 26.2 Å². The van der Waals surface area contributed by atoms with Crippen molar-refractivity contribution in [1.29, 1.82) is 0 Å². The van der Waals surface area contributed by atoms with Crippen LogP contribution in [0.1, 0.15) is 6.92 Å². The van der Waals surface area contributed by atoms with Gasteiger partial charge in [-0.15, -0.1) is 37.8 Å². The number of nitrogens with one attached hydrogen (secondary N) is 4. The largest absolute Gasteiger partial charge is 0.388 e. The molecule has 0 unspecified atom stereocenters. The molecule has 29 nitrogen and oxygen atoms in total. The summed E-state index contributed by atoms with van der Waals surface area (Å²) >= 11 is 1.55. The molecule has 0 bridgehead atoms. The Balaban J connectivity index is 0.000000360. The van der Waals surface area contributed by atoms with Crippen molar-refractivity contribution in [3.8, 4) is 0 Å². The van der Waals surface area contributed by atoms with Crippen molar-refractivity contribution >= 4 is 126 Å². The molecule has 0 spiro atoms. The second-order valence-corrected chi connectivity index (χ2v) is 18.7. The van der Waals surface area contributed by atoms with E-state index in [0.29, 0.717) is 41.1 Å². The van der Waals surface area contributed by atoms with Crippen LogP contribution in [0.3, 0.4) is 0 Å². The first-order chi connectivity index (χ1) is 32.6. The lowest BCUT2D eigenvalue weighted by molar-refractivity contribution is -0.434.